The van der Waals surface area contributed by atoms with E-state index in [1.54, 1.807) is 54.9 Å². The summed E-state index contributed by atoms with van der Waals surface area (Å²) in [5.74, 6) is 0. The van der Waals surface area contributed by atoms with Gasteiger partial charge in [-0.2, -0.15) is 0 Å². The Bertz CT molecular complexity index is 967. The summed E-state index contributed by atoms with van der Waals surface area (Å²) in [7, 11) is -1.78. The fraction of sp³-hybridized carbons (Fsp3) is 0.333. The zero-order valence-corrected chi connectivity index (χ0v) is 21.4. The van der Waals surface area contributed by atoms with Gasteiger partial charge in [-0.25, -0.2) is 0 Å². The van der Waals surface area contributed by atoms with Crippen molar-refractivity contribution in [1.29, 1.82) is 0 Å². The van der Waals surface area contributed by atoms with Crippen LogP contribution in [0.2, 0.25) is 13.1 Å². The first kappa shape index (κ1) is 22.1. The van der Waals surface area contributed by atoms with Crippen molar-refractivity contribution in [3.63, 3.8) is 0 Å². The van der Waals surface area contributed by atoms with E-state index in [0.29, 0.717) is 8.45 Å². The number of hydrogen-bond acceptors (Lipinski definition) is 0. The normalized spacial score (nSPS) is 22.8. The summed E-state index contributed by atoms with van der Waals surface area (Å²) in [6, 6.07) is 14.5. The molecule has 0 nitrogen and oxygen atoms in total. The molecule has 0 saturated carbocycles. The Morgan fingerprint density at radius 1 is 0.679 bits per heavy atom. The number of rotatable bonds is 0. The molecule has 144 valence electrons. The minimum atomic E-state index is -1.78. The average molecular weight is 461 g/mol. The summed E-state index contributed by atoms with van der Waals surface area (Å²) in [4.78, 5) is 0. The molecule has 2 aromatic carbocycles. The van der Waals surface area contributed by atoms with Gasteiger partial charge in [-0.05, 0) is 0 Å². The van der Waals surface area contributed by atoms with E-state index >= 15 is 0 Å². The molecule has 2 atom stereocenters. The molecular formula is C24H26Cl2SiTi. The van der Waals surface area contributed by atoms with Gasteiger partial charge in [-0.3, -0.25) is 0 Å². The second-order valence-electron chi connectivity index (χ2n) is 8.81. The van der Waals surface area contributed by atoms with Crippen LogP contribution in [-0.2, 0) is 19.2 Å². The topological polar surface area (TPSA) is 0 Å². The molecule has 0 radical (unpaired) electrons. The predicted molar refractivity (Wildman–Crippen MR) is 112 cm³/mol. The second kappa shape index (κ2) is 7.29. The van der Waals surface area contributed by atoms with Gasteiger partial charge in [0.25, 0.3) is 0 Å². The molecule has 2 aliphatic carbocycles. The van der Waals surface area contributed by atoms with Crippen LogP contribution in [0.4, 0.5) is 0 Å². The van der Waals surface area contributed by atoms with Gasteiger partial charge in [0.1, 0.15) is 0 Å². The summed E-state index contributed by atoms with van der Waals surface area (Å²) in [5, 5.41) is 3.32. The van der Waals surface area contributed by atoms with Gasteiger partial charge in [0.2, 0.25) is 0 Å². The molecule has 0 N–H and O–H groups in total. The van der Waals surface area contributed by atoms with Crippen molar-refractivity contribution < 1.29 is 44.0 Å². The first-order valence-electron chi connectivity index (χ1n) is 9.72. The maximum atomic E-state index is 2.57. The van der Waals surface area contributed by atoms with Gasteiger partial charge < -0.3 is 24.8 Å². The Balaban J connectivity index is 0.00000112. The molecule has 1 aliphatic heterocycles. The van der Waals surface area contributed by atoms with Crippen LogP contribution in [-0.4, -0.2) is 8.07 Å². The fourth-order valence-corrected chi connectivity index (χ4v) is 12.1. The van der Waals surface area contributed by atoms with Crippen molar-refractivity contribution in [2.75, 3.05) is 0 Å². The van der Waals surface area contributed by atoms with E-state index in [9.17, 15) is 0 Å². The van der Waals surface area contributed by atoms with Gasteiger partial charge in [0.05, 0.1) is 0 Å². The van der Waals surface area contributed by atoms with Crippen LogP contribution in [0.1, 0.15) is 58.4 Å². The van der Waals surface area contributed by atoms with Crippen LogP contribution in [0.25, 0.3) is 11.1 Å². The Labute approximate surface area is 191 Å². The Kier molecular flexibility index (Phi) is 5.76. The monoisotopic (exact) mass is 460 g/mol. The van der Waals surface area contributed by atoms with Crippen LogP contribution in [0, 0.1) is 0 Å². The standard InChI is InChI=1S/C24H26Si.2ClH.Ti/c1-15-13-19-9-7-11-21(23(19)17(15)3)25(5,6)22-12-8-10-20-14-16(2)18(4)24(20)22;;;/h7-14H,1-6H3;2*1H;/q;;;+2/p-2. The molecule has 2 aromatic rings. The minimum absolute atomic E-state index is 0. The van der Waals surface area contributed by atoms with Crippen molar-refractivity contribution in [1.82, 2.24) is 0 Å². The molecular weight excluding hydrogens is 435 g/mol. The quantitative estimate of drug-likeness (QED) is 0.456. The maximum absolute atomic E-state index is 2.57. The number of benzene rings is 2. The summed E-state index contributed by atoms with van der Waals surface area (Å²) in [6.45, 7) is 14.7. The van der Waals surface area contributed by atoms with Crippen LogP contribution >= 0.6 is 0 Å². The van der Waals surface area contributed by atoms with E-state index in [0.717, 1.165) is 0 Å². The summed E-state index contributed by atoms with van der Waals surface area (Å²) < 4.78 is 1.41. The number of allylic oxidation sites excluding steroid dienone is 4. The molecule has 2 unspecified atom stereocenters. The molecule has 1 heterocycles. The molecule has 5 rings (SSSR count). The smallest absolute Gasteiger partial charge is 1.00 e. The molecule has 0 saturated heterocycles. The third-order valence-corrected chi connectivity index (χ3v) is 14.2. The molecule has 3 aliphatic rings. The van der Waals surface area contributed by atoms with E-state index < -0.39 is 8.07 Å². The van der Waals surface area contributed by atoms with Crippen LogP contribution < -0.4 is 35.2 Å². The third-order valence-electron chi connectivity index (χ3n) is 7.29. The van der Waals surface area contributed by atoms with Crippen molar-refractivity contribution in [2.24, 2.45) is 0 Å². The van der Waals surface area contributed by atoms with Crippen LogP contribution in [0.5, 0.6) is 0 Å². The first-order valence-corrected chi connectivity index (χ1v) is 14.5. The molecule has 0 fully saturated rings. The molecule has 0 aromatic heterocycles. The van der Waals surface area contributed by atoms with Crippen molar-refractivity contribution in [3.05, 3.63) is 69.8 Å². The average Bonchev–Trinajstić information content (AvgIpc) is 3.01. The minimum Gasteiger partial charge on any atom is -1.00 e. The maximum Gasteiger partial charge on any atom is -1.00 e. The molecule has 8 bridgehead atoms. The van der Waals surface area contributed by atoms with E-state index in [4.69, 9.17) is 0 Å². The molecule has 4 heteroatoms. The van der Waals surface area contributed by atoms with E-state index in [1.807, 2.05) is 0 Å². The zero-order valence-electron chi connectivity index (χ0n) is 17.4. The van der Waals surface area contributed by atoms with Gasteiger partial charge >= 0.3 is 168 Å². The van der Waals surface area contributed by atoms with Crippen LogP contribution in [0.3, 0.4) is 0 Å². The predicted octanol–water partition coefficient (Wildman–Crippen LogP) is -0.690. The van der Waals surface area contributed by atoms with E-state index in [2.05, 4.69) is 77.2 Å². The van der Waals surface area contributed by atoms with Gasteiger partial charge in [0, 0.05) is 0 Å². The number of hydrogen-bond donors (Lipinski definition) is 0. The summed E-state index contributed by atoms with van der Waals surface area (Å²) in [5.41, 5.74) is 13.1. The number of halogens is 2. The van der Waals surface area contributed by atoms with Crippen LogP contribution in [0.15, 0.2) is 47.5 Å². The Morgan fingerprint density at radius 2 is 1.07 bits per heavy atom. The Hall–Kier alpha value is -0.569. The van der Waals surface area contributed by atoms with Crippen molar-refractivity contribution in [3.8, 4) is 0 Å². The van der Waals surface area contributed by atoms with Crippen molar-refractivity contribution >= 4 is 29.6 Å². The Morgan fingerprint density at radius 3 is 1.46 bits per heavy atom. The van der Waals surface area contributed by atoms with E-state index in [1.165, 1.54) is 0 Å². The van der Waals surface area contributed by atoms with Crippen molar-refractivity contribution in [2.45, 2.75) is 49.2 Å². The molecule has 28 heavy (non-hydrogen) atoms. The van der Waals surface area contributed by atoms with E-state index in [-0.39, 0.29) is 44.0 Å². The fourth-order valence-electron chi connectivity index (χ4n) is 5.54. The molecule has 0 spiro atoms. The van der Waals surface area contributed by atoms with Gasteiger partial charge in [0.15, 0.2) is 0 Å². The summed E-state index contributed by atoms with van der Waals surface area (Å²) in [6.07, 6.45) is 0. The van der Waals surface area contributed by atoms with Gasteiger partial charge in [-0.1, -0.05) is 0 Å². The SMILES string of the molecule is CC1=C(C)[CH]2[Ti+2][CH]3C(C)=C(C)c4c3cccc4[Si](C)(C)c3cccc2c31.[Cl-].[Cl-]. The largest absolute Gasteiger partial charge is 1.00 e. The first-order chi connectivity index (χ1) is 12.3. The zero-order chi connectivity index (χ0) is 18.4. The summed E-state index contributed by atoms with van der Waals surface area (Å²) >= 11 is -0.181. The van der Waals surface area contributed by atoms with Gasteiger partial charge in [-0.15, -0.1) is 0 Å². The third kappa shape index (κ3) is 2.67. The second-order valence-corrected chi connectivity index (χ2v) is 15.5. The molecule has 0 amide bonds.